The molecule has 8 heteroatoms. The first-order valence-corrected chi connectivity index (χ1v) is 9.72. The molecule has 160 valence electrons. The van der Waals surface area contributed by atoms with E-state index in [0.29, 0.717) is 18.0 Å². The zero-order chi connectivity index (χ0) is 22.1. The number of amides is 3. The maximum atomic E-state index is 12.6. The fraction of sp³-hybridized carbons (Fsp3) is 0.174. The first-order valence-electron chi connectivity index (χ1n) is 9.72. The number of urea groups is 1. The van der Waals surface area contributed by atoms with E-state index in [4.69, 9.17) is 9.15 Å². The highest BCUT2D eigenvalue weighted by Crippen LogP contribution is 2.18. The Morgan fingerprint density at radius 2 is 1.68 bits per heavy atom. The van der Waals surface area contributed by atoms with E-state index in [9.17, 15) is 14.4 Å². The summed E-state index contributed by atoms with van der Waals surface area (Å²) in [6, 6.07) is 19.0. The molecule has 31 heavy (non-hydrogen) atoms. The van der Waals surface area contributed by atoms with Crippen LogP contribution in [0.1, 0.15) is 28.6 Å². The van der Waals surface area contributed by atoms with Gasteiger partial charge in [-0.05, 0) is 36.8 Å². The van der Waals surface area contributed by atoms with Crippen LogP contribution < -0.4 is 16.0 Å². The first-order chi connectivity index (χ1) is 15.0. The van der Waals surface area contributed by atoms with E-state index in [1.807, 2.05) is 36.4 Å². The summed E-state index contributed by atoms with van der Waals surface area (Å²) < 4.78 is 10.5. The summed E-state index contributed by atoms with van der Waals surface area (Å²) >= 11 is 0. The van der Waals surface area contributed by atoms with Crippen molar-refractivity contribution in [2.24, 2.45) is 0 Å². The number of hydrogen-bond acceptors (Lipinski definition) is 6. The van der Waals surface area contributed by atoms with Crippen molar-refractivity contribution in [3.05, 3.63) is 89.9 Å². The average molecular weight is 421 g/mol. The molecule has 0 aliphatic heterocycles. The second-order valence-electron chi connectivity index (χ2n) is 6.68. The van der Waals surface area contributed by atoms with E-state index in [-0.39, 0.29) is 12.1 Å². The summed E-state index contributed by atoms with van der Waals surface area (Å²) in [7, 11) is 0. The molecule has 0 aliphatic carbocycles. The largest absolute Gasteiger partial charge is 0.467 e. The van der Waals surface area contributed by atoms with Gasteiger partial charge in [-0.3, -0.25) is 10.1 Å². The molecule has 0 unspecified atom stereocenters. The number of hydrogen-bond donors (Lipinski definition) is 3. The van der Waals surface area contributed by atoms with Crippen molar-refractivity contribution in [1.29, 1.82) is 0 Å². The minimum atomic E-state index is -1.16. The molecule has 0 bridgehead atoms. The molecule has 0 saturated heterocycles. The number of carbonyl (C=O) groups is 3. The molecule has 0 aliphatic rings. The monoisotopic (exact) mass is 421 g/mol. The maximum Gasteiger partial charge on any atom is 0.341 e. The van der Waals surface area contributed by atoms with E-state index >= 15 is 0 Å². The van der Waals surface area contributed by atoms with Gasteiger partial charge < -0.3 is 19.8 Å². The normalized spacial score (nSPS) is 11.3. The van der Waals surface area contributed by atoms with Crippen LogP contribution in [-0.2, 0) is 22.6 Å². The third kappa shape index (κ3) is 6.46. The van der Waals surface area contributed by atoms with Gasteiger partial charge in [0.15, 0.2) is 6.10 Å². The van der Waals surface area contributed by atoms with Crippen molar-refractivity contribution in [3.63, 3.8) is 0 Å². The first kappa shape index (κ1) is 21.6. The summed E-state index contributed by atoms with van der Waals surface area (Å²) in [4.78, 5) is 36.7. The average Bonchev–Trinajstić information content (AvgIpc) is 3.31. The molecule has 0 fully saturated rings. The zero-order valence-electron chi connectivity index (χ0n) is 17.0. The van der Waals surface area contributed by atoms with Crippen LogP contribution in [0.4, 0.5) is 10.5 Å². The summed E-state index contributed by atoms with van der Waals surface area (Å²) in [5, 5.41) is 7.85. The Morgan fingerprint density at radius 1 is 0.935 bits per heavy atom. The zero-order valence-corrected chi connectivity index (χ0v) is 17.0. The maximum absolute atomic E-state index is 12.6. The van der Waals surface area contributed by atoms with Gasteiger partial charge in [-0.2, -0.15) is 0 Å². The number of nitrogens with one attached hydrogen (secondary N) is 3. The van der Waals surface area contributed by atoms with Crippen molar-refractivity contribution in [2.45, 2.75) is 26.1 Å². The lowest BCUT2D eigenvalue weighted by molar-refractivity contribution is -0.127. The Bertz CT molecular complexity index is 1020. The Balaban J connectivity index is 1.51. The quantitative estimate of drug-likeness (QED) is 0.481. The number of benzene rings is 2. The fourth-order valence-electron chi connectivity index (χ4n) is 2.72. The summed E-state index contributed by atoms with van der Waals surface area (Å²) in [5.41, 5.74) is 1.70. The smallest absolute Gasteiger partial charge is 0.341 e. The molecule has 0 spiro atoms. The fourth-order valence-corrected chi connectivity index (χ4v) is 2.72. The topological polar surface area (TPSA) is 110 Å². The lowest BCUT2D eigenvalue weighted by atomic mass is 10.1. The highest BCUT2D eigenvalue weighted by Gasteiger charge is 2.22. The van der Waals surface area contributed by atoms with Crippen LogP contribution in [0.3, 0.4) is 0 Å². The molecule has 8 nitrogen and oxygen atoms in total. The molecule has 3 aromatic rings. The molecular weight excluding hydrogens is 398 g/mol. The number of rotatable bonds is 8. The highest BCUT2D eigenvalue weighted by atomic mass is 16.5. The van der Waals surface area contributed by atoms with E-state index in [1.165, 1.54) is 6.92 Å². The number of esters is 1. The highest BCUT2D eigenvalue weighted by molar-refractivity contribution is 6.00. The van der Waals surface area contributed by atoms with Gasteiger partial charge in [-0.15, -0.1) is 0 Å². The van der Waals surface area contributed by atoms with Crippen molar-refractivity contribution < 1.29 is 23.5 Å². The molecule has 1 atom stereocenters. The SMILES string of the molecule is C[C@H](OC(=O)c1ccccc1NCc1ccco1)C(=O)NC(=O)NCc1ccccc1. The number of anilines is 1. The molecule has 0 saturated carbocycles. The Kier molecular flexibility index (Phi) is 7.42. The minimum absolute atomic E-state index is 0.266. The second kappa shape index (κ2) is 10.6. The van der Waals surface area contributed by atoms with Gasteiger partial charge >= 0.3 is 12.0 Å². The van der Waals surface area contributed by atoms with E-state index in [2.05, 4.69) is 16.0 Å². The van der Waals surface area contributed by atoms with Crippen LogP contribution in [-0.4, -0.2) is 24.0 Å². The second-order valence-corrected chi connectivity index (χ2v) is 6.68. The summed E-state index contributed by atoms with van der Waals surface area (Å²) in [5.74, 6) is -0.702. The molecule has 0 radical (unpaired) electrons. The number of carbonyl (C=O) groups excluding carboxylic acids is 3. The van der Waals surface area contributed by atoms with Crippen molar-refractivity contribution in [3.8, 4) is 0 Å². The predicted octanol–water partition coefficient (Wildman–Crippen LogP) is 3.46. The number of imide groups is 1. The molecule has 2 aromatic carbocycles. The van der Waals surface area contributed by atoms with Crippen molar-refractivity contribution >= 4 is 23.6 Å². The Morgan fingerprint density at radius 3 is 2.42 bits per heavy atom. The van der Waals surface area contributed by atoms with Crippen molar-refractivity contribution in [1.82, 2.24) is 10.6 Å². The van der Waals surface area contributed by atoms with E-state index in [1.54, 1.807) is 36.6 Å². The van der Waals surface area contributed by atoms with Gasteiger partial charge in [-0.1, -0.05) is 42.5 Å². The number of para-hydroxylation sites is 1. The van der Waals surface area contributed by atoms with Gasteiger partial charge in [0.2, 0.25) is 0 Å². The summed E-state index contributed by atoms with van der Waals surface area (Å²) in [6.07, 6.45) is 0.404. The third-order valence-corrected chi connectivity index (χ3v) is 4.37. The van der Waals surface area contributed by atoms with E-state index in [0.717, 1.165) is 5.56 Å². The van der Waals surface area contributed by atoms with Crippen LogP contribution in [0.5, 0.6) is 0 Å². The standard InChI is InChI=1S/C23H23N3O5/c1-16(21(27)26-23(29)25-14-17-8-3-2-4-9-17)31-22(28)19-11-5-6-12-20(19)24-15-18-10-7-13-30-18/h2-13,16,24H,14-15H2,1H3,(H2,25,26,27,29)/t16-/m0/s1. The van der Waals surface area contributed by atoms with Crippen LogP contribution >= 0.6 is 0 Å². The van der Waals surface area contributed by atoms with Crippen molar-refractivity contribution in [2.75, 3.05) is 5.32 Å². The van der Waals surface area contributed by atoms with Gasteiger partial charge in [-0.25, -0.2) is 9.59 Å². The van der Waals surface area contributed by atoms with Gasteiger partial charge in [0.1, 0.15) is 5.76 Å². The summed E-state index contributed by atoms with van der Waals surface area (Å²) in [6.45, 7) is 2.05. The molecule has 1 aromatic heterocycles. The van der Waals surface area contributed by atoms with Gasteiger partial charge in [0, 0.05) is 12.2 Å². The third-order valence-electron chi connectivity index (χ3n) is 4.37. The van der Waals surface area contributed by atoms with Crippen LogP contribution in [0.25, 0.3) is 0 Å². The van der Waals surface area contributed by atoms with Crippen LogP contribution in [0, 0.1) is 0 Å². The molecule has 3 N–H and O–H groups in total. The van der Waals surface area contributed by atoms with E-state index < -0.39 is 24.0 Å². The lowest BCUT2D eigenvalue weighted by Crippen LogP contribution is -2.44. The van der Waals surface area contributed by atoms with Crippen LogP contribution in [0.15, 0.2) is 77.4 Å². The molecule has 3 rings (SSSR count). The Hall–Kier alpha value is -4.07. The Labute approximate surface area is 179 Å². The minimum Gasteiger partial charge on any atom is -0.467 e. The lowest BCUT2D eigenvalue weighted by Gasteiger charge is -2.15. The molecule has 1 heterocycles. The van der Waals surface area contributed by atoms with Gasteiger partial charge in [0.25, 0.3) is 5.91 Å². The number of ether oxygens (including phenoxy) is 1. The van der Waals surface area contributed by atoms with Gasteiger partial charge in [0.05, 0.1) is 18.4 Å². The predicted molar refractivity (Wildman–Crippen MR) is 114 cm³/mol. The van der Waals surface area contributed by atoms with Crippen LogP contribution in [0.2, 0.25) is 0 Å². The number of furan rings is 1. The molecular formula is C23H23N3O5. The molecule has 3 amide bonds.